The van der Waals surface area contributed by atoms with Crippen molar-refractivity contribution in [2.45, 2.75) is 181 Å². The number of ether oxygens (including phenoxy) is 1. The smallest absolute Gasteiger partial charge is 0.328 e. The van der Waals surface area contributed by atoms with Crippen molar-refractivity contribution in [3.05, 3.63) is 0 Å². The largest absolute Gasteiger partial charge is 0.458 e. The lowest BCUT2D eigenvalue weighted by atomic mass is 9.83. The van der Waals surface area contributed by atoms with Crippen LogP contribution in [0.25, 0.3) is 0 Å². The van der Waals surface area contributed by atoms with Gasteiger partial charge in [0.25, 0.3) is 0 Å². The summed E-state index contributed by atoms with van der Waals surface area (Å²) in [6.07, 6.45) is 5.35. The second kappa shape index (κ2) is 26.6. The number of aliphatic hydroxyl groups is 1. The highest BCUT2D eigenvalue weighted by molar-refractivity contribution is 5.98. The number of aliphatic hydroxyl groups excluding tert-OH is 1. The molecule has 1 saturated carbocycles. The fourth-order valence-electron chi connectivity index (χ4n) is 7.33. The third kappa shape index (κ3) is 16.5. The van der Waals surface area contributed by atoms with E-state index in [-0.39, 0.29) is 43.0 Å². The van der Waals surface area contributed by atoms with E-state index < -0.39 is 108 Å². The molecule has 11 atom stereocenters. The summed E-state index contributed by atoms with van der Waals surface area (Å²) in [6, 6.07) is -8.91. The third-order valence-corrected chi connectivity index (χ3v) is 12.1. The first-order valence-electron chi connectivity index (χ1n) is 22.5. The highest BCUT2D eigenvalue weighted by atomic mass is 16.5. The maximum atomic E-state index is 13.8. The summed E-state index contributed by atoms with van der Waals surface area (Å²) in [6.45, 7) is 14.2. The van der Waals surface area contributed by atoms with Gasteiger partial charge >= 0.3 is 5.97 Å². The van der Waals surface area contributed by atoms with Gasteiger partial charge in [-0.1, -0.05) is 93.4 Å². The van der Waals surface area contributed by atoms with Crippen molar-refractivity contribution in [1.29, 1.82) is 0 Å². The fourth-order valence-corrected chi connectivity index (χ4v) is 7.33. The molecule has 0 aromatic rings. The predicted octanol–water partition coefficient (Wildman–Crippen LogP) is 0.363. The Morgan fingerprint density at radius 3 is 1.89 bits per heavy atom. The molecule has 19 heteroatoms. The predicted molar refractivity (Wildman–Crippen MR) is 229 cm³/mol. The molecule has 0 aromatic carbocycles. The van der Waals surface area contributed by atoms with E-state index in [2.05, 4.69) is 42.5 Å². The summed E-state index contributed by atoms with van der Waals surface area (Å²) < 4.78 is 5.67. The van der Waals surface area contributed by atoms with Crippen LogP contribution in [-0.4, -0.2) is 120 Å². The minimum Gasteiger partial charge on any atom is -0.458 e. The minimum atomic E-state index is -1.67. The van der Waals surface area contributed by atoms with Crippen molar-refractivity contribution in [1.82, 2.24) is 42.5 Å². The van der Waals surface area contributed by atoms with Crippen LogP contribution in [0.15, 0.2) is 0 Å². The van der Waals surface area contributed by atoms with Gasteiger partial charge in [-0.2, -0.15) is 0 Å². The van der Waals surface area contributed by atoms with Crippen molar-refractivity contribution < 1.29 is 53.0 Å². The number of hydrogen-bond acceptors (Lipinski definition) is 11. The van der Waals surface area contributed by atoms with Crippen LogP contribution < -0.4 is 42.5 Å². The summed E-state index contributed by atoms with van der Waals surface area (Å²) in [5.74, 6) is -7.38. The Morgan fingerprint density at radius 1 is 0.726 bits per heavy atom. The molecule has 1 aliphatic carbocycles. The van der Waals surface area contributed by atoms with Crippen LogP contribution in [0.5, 0.6) is 0 Å². The van der Waals surface area contributed by atoms with E-state index in [1.807, 2.05) is 27.7 Å². The van der Waals surface area contributed by atoms with E-state index in [0.717, 1.165) is 25.7 Å². The van der Waals surface area contributed by atoms with Gasteiger partial charge in [-0.15, -0.1) is 0 Å². The number of nitrogens with one attached hydrogen (secondary N) is 8. The number of cyclic esters (lactones) is 1. The number of rotatable bonds is 20. The van der Waals surface area contributed by atoms with Gasteiger partial charge in [0.05, 0.1) is 13.2 Å². The number of esters is 1. The quantitative estimate of drug-likeness (QED) is 0.0754. The molecule has 19 nitrogen and oxygen atoms in total. The van der Waals surface area contributed by atoms with Gasteiger partial charge in [0.2, 0.25) is 47.3 Å². The molecule has 2 rings (SSSR count). The van der Waals surface area contributed by atoms with E-state index in [4.69, 9.17) is 4.74 Å². The standard InChI is InChI=1S/C43H74N8O11/c1-10-17-29-43(61)62-27(9)35(41(59)45-26(8)37(55)51-36(42(60)46-29)28-18-15-14-16-19-28)50-38(56)30(22-52)47-39(57)34(25(7)13-4)49-40(58)33(24(6)12-3)48-32(54)21-44-31(53)20-23(5)11-2/h23-30,33-36,52H,10-22H2,1-9H3,(H,44,53)(H,45,59)(H,46,60)(H,47,57)(H,48,54)(H,49,58)(H,50,56)(H,51,55)/t23-,24+,25-,26-,27-,29-,30-,33+,34-,35+,36-/m0/s1. The Kier molecular flexibility index (Phi) is 22.9. The first kappa shape index (κ1) is 53.3. The maximum Gasteiger partial charge on any atom is 0.328 e. The van der Waals surface area contributed by atoms with Crippen LogP contribution in [0.3, 0.4) is 0 Å². The summed E-state index contributed by atoms with van der Waals surface area (Å²) in [5, 5.41) is 31.2. The topological polar surface area (TPSA) is 279 Å². The Hall–Kier alpha value is -4.81. The Morgan fingerprint density at radius 2 is 1.32 bits per heavy atom. The van der Waals surface area contributed by atoms with Crippen LogP contribution in [0, 0.1) is 23.7 Å². The fraction of sp³-hybridized carbons (Fsp3) is 0.791. The van der Waals surface area contributed by atoms with Gasteiger partial charge in [-0.05, 0) is 56.8 Å². The van der Waals surface area contributed by atoms with Crippen molar-refractivity contribution in [2.75, 3.05) is 13.2 Å². The monoisotopic (exact) mass is 879 g/mol. The molecule has 2 aliphatic rings. The SMILES string of the molecule is CCC[C@@H]1NC(=O)[C@H](C2CCCCC2)NC(=O)[C@H](C)NC(=O)[C@H](NC(=O)[C@H](CO)NC(=O)[C@@H](NC(=O)[C@H](NC(=O)CNC(=O)C[C@@H](C)CC)[C@H](C)CC)[C@@H](C)CC)[C@H](C)OC1=O. The van der Waals surface area contributed by atoms with Crippen molar-refractivity contribution >= 4 is 53.2 Å². The summed E-state index contributed by atoms with van der Waals surface area (Å²) >= 11 is 0. The molecular weight excluding hydrogens is 805 g/mol. The number of carbonyl (C=O) groups is 9. The van der Waals surface area contributed by atoms with Crippen molar-refractivity contribution in [3.8, 4) is 0 Å². The summed E-state index contributed by atoms with van der Waals surface area (Å²) in [5.41, 5.74) is 0. The summed E-state index contributed by atoms with van der Waals surface area (Å²) in [7, 11) is 0. The van der Waals surface area contributed by atoms with E-state index in [9.17, 15) is 48.3 Å². The highest BCUT2D eigenvalue weighted by Gasteiger charge is 2.40. The van der Waals surface area contributed by atoms with Crippen LogP contribution in [-0.2, 0) is 47.9 Å². The Balaban J connectivity index is 2.30. The maximum absolute atomic E-state index is 13.8. The van der Waals surface area contributed by atoms with Crippen LogP contribution in [0.4, 0.5) is 0 Å². The average Bonchev–Trinajstić information content (AvgIpc) is 3.25. The van der Waals surface area contributed by atoms with E-state index in [1.54, 1.807) is 20.8 Å². The van der Waals surface area contributed by atoms with Gasteiger partial charge in [0.1, 0.15) is 48.4 Å². The molecule has 0 aromatic heterocycles. The lowest BCUT2D eigenvalue weighted by Gasteiger charge is -2.31. The molecule has 0 spiro atoms. The van der Waals surface area contributed by atoms with Gasteiger partial charge in [0, 0.05) is 6.42 Å². The van der Waals surface area contributed by atoms with E-state index in [0.29, 0.717) is 32.1 Å². The molecule has 8 amide bonds. The normalized spacial score (nSPS) is 24.5. The number of carbonyl (C=O) groups excluding carboxylic acids is 9. The molecular formula is C43H74N8O11. The van der Waals surface area contributed by atoms with Gasteiger partial charge < -0.3 is 52.4 Å². The average molecular weight is 879 g/mol. The first-order valence-corrected chi connectivity index (χ1v) is 22.5. The summed E-state index contributed by atoms with van der Waals surface area (Å²) in [4.78, 5) is 121. The number of hydrogen-bond donors (Lipinski definition) is 9. The zero-order valence-electron chi connectivity index (χ0n) is 38.2. The highest BCUT2D eigenvalue weighted by Crippen LogP contribution is 2.27. The van der Waals surface area contributed by atoms with Crippen molar-refractivity contribution in [3.63, 3.8) is 0 Å². The van der Waals surface area contributed by atoms with Crippen LogP contribution >= 0.6 is 0 Å². The van der Waals surface area contributed by atoms with Gasteiger partial charge in [-0.3, -0.25) is 38.4 Å². The molecule has 1 heterocycles. The molecule has 352 valence electrons. The Labute approximate surface area is 366 Å². The molecule has 9 N–H and O–H groups in total. The lowest BCUT2D eigenvalue weighted by Crippen LogP contribution is -2.63. The van der Waals surface area contributed by atoms with E-state index >= 15 is 0 Å². The van der Waals surface area contributed by atoms with Crippen LogP contribution in [0.1, 0.15) is 133 Å². The second-order valence-electron chi connectivity index (χ2n) is 17.1. The molecule has 62 heavy (non-hydrogen) atoms. The molecule has 0 bridgehead atoms. The second-order valence-corrected chi connectivity index (χ2v) is 17.1. The molecule has 0 unspecified atom stereocenters. The lowest BCUT2D eigenvalue weighted by molar-refractivity contribution is -0.156. The zero-order chi connectivity index (χ0) is 46.7. The first-order chi connectivity index (χ1) is 29.3. The van der Waals surface area contributed by atoms with Crippen molar-refractivity contribution in [2.24, 2.45) is 23.7 Å². The molecule has 2 fully saturated rings. The van der Waals surface area contributed by atoms with Gasteiger partial charge in [-0.25, -0.2) is 4.79 Å². The van der Waals surface area contributed by atoms with Gasteiger partial charge in [0.15, 0.2) is 0 Å². The Bertz CT molecular complexity index is 1560. The molecule has 1 aliphatic heterocycles. The minimum absolute atomic E-state index is 0.131. The third-order valence-electron chi connectivity index (χ3n) is 12.1. The van der Waals surface area contributed by atoms with E-state index in [1.165, 1.54) is 13.8 Å². The molecule has 0 radical (unpaired) electrons. The zero-order valence-corrected chi connectivity index (χ0v) is 38.2. The molecule has 1 saturated heterocycles. The van der Waals surface area contributed by atoms with Crippen LogP contribution in [0.2, 0.25) is 0 Å². The number of amides is 8.